The topological polar surface area (TPSA) is 57.8 Å². The number of benzene rings is 1. The maximum atomic E-state index is 12.5. The van der Waals surface area contributed by atoms with Gasteiger partial charge in [0.1, 0.15) is 5.03 Å². The summed E-state index contributed by atoms with van der Waals surface area (Å²) in [5, 5.41) is 3.92. The monoisotopic (exact) mass is 347 g/mol. The highest BCUT2D eigenvalue weighted by molar-refractivity contribution is 7.99. The van der Waals surface area contributed by atoms with Gasteiger partial charge in [-0.05, 0) is 41.9 Å². The average molecular weight is 347 g/mol. The molecule has 7 heteroatoms. The Morgan fingerprint density at radius 1 is 1.25 bits per heavy atom. The van der Waals surface area contributed by atoms with Crippen LogP contribution in [0, 0.1) is 0 Å². The van der Waals surface area contributed by atoms with Crippen LogP contribution in [0.5, 0.6) is 0 Å². The SMILES string of the molecule is O=C(NCCc1c[nH]c2ccccc12)c1cccnc1SC(F)F. The summed E-state index contributed by atoms with van der Waals surface area (Å²) in [6.07, 6.45) is 3.96. The van der Waals surface area contributed by atoms with Crippen LogP contribution in [0.2, 0.25) is 0 Å². The van der Waals surface area contributed by atoms with E-state index in [2.05, 4.69) is 15.3 Å². The minimum atomic E-state index is -2.61. The van der Waals surface area contributed by atoms with E-state index < -0.39 is 11.7 Å². The summed E-state index contributed by atoms with van der Waals surface area (Å²) < 4.78 is 25.1. The first-order valence-corrected chi connectivity index (χ1v) is 8.26. The average Bonchev–Trinajstić information content (AvgIpc) is 2.98. The molecule has 3 aromatic rings. The van der Waals surface area contributed by atoms with E-state index in [4.69, 9.17) is 0 Å². The molecule has 0 aliphatic rings. The number of aromatic nitrogens is 2. The van der Waals surface area contributed by atoms with E-state index in [0.29, 0.717) is 13.0 Å². The fourth-order valence-corrected chi connectivity index (χ4v) is 3.06. The molecule has 0 unspecified atom stereocenters. The number of alkyl halides is 2. The Morgan fingerprint density at radius 3 is 2.92 bits per heavy atom. The quantitative estimate of drug-likeness (QED) is 0.666. The molecule has 0 radical (unpaired) electrons. The summed E-state index contributed by atoms with van der Waals surface area (Å²) in [4.78, 5) is 19.3. The number of carbonyl (C=O) groups is 1. The Morgan fingerprint density at radius 2 is 2.08 bits per heavy atom. The van der Waals surface area contributed by atoms with Crippen molar-refractivity contribution in [3.63, 3.8) is 0 Å². The lowest BCUT2D eigenvalue weighted by Crippen LogP contribution is -2.26. The van der Waals surface area contributed by atoms with Crippen LogP contribution in [0.15, 0.2) is 53.8 Å². The number of para-hydroxylation sites is 1. The lowest BCUT2D eigenvalue weighted by Gasteiger charge is -2.08. The van der Waals surface area contributed by atoms with Gasteiger partial charge in [0, 0.05) is 29.8 Å². The molecule has 0 aliphatic heterocycles. The highest BCUT2D eigenvalue weighted by Gasteiger charge is 2.16. The highest BCUT2D eigenvalue weighted by atomic mass is 32.2. The minimum Gasteiger partial charge on any atom is -0.361 e. The van der Waals surface area contributed by atoms with Crippen molar-refractivity contribution in [2.75, 3.05) is 6.54 Å². The van der Waals surface area contributed by atoms with Crippen LogP contribution < -0.4 is 5.32 Å². The van der Waals surface area contributed by atoms with Crippen molar-refractivity contribution in [1.29, 1.82) is 0 Å². The molecular formula is C17H15F2N3OS. The molecule has 1 amide bonds. The molecule has 2 aromatic heterocycles. The minimum absolute atomic E-state index is 0.0390. The number of fused-ring (bicyclic) bond motifs is 1. The molecular weight excluding hydrogens is 332 g/mol. The molecule has 0 bridgehead atoms. The van der Waals surface area contributed by atoms with Crippen LogP contribution in [0.1, 0.15) is 15.9 Å². The van der Waals surface area contributed by atoms with Gasteiger partial charge in [0.25, 0.3) is 11.7 Å². The Labute approximate surface area is 141 Å². The summed E-state index contributed by atoms with van der Waals surface area (Å²) in [7, 11) is 0. The summed E-state index contributed by atoms with van der Waals surface area (Å²) in [6.45, 7) is 0.411. The second-order valence-electron chi connectivity index (χ2n) is 5.10. The third kappa shape index (κ3) is 3.73. The molecule has 3 rings (SSSR count). The van der Waals surface area contributed by atoms with Gasteiger partial charge in [-0.2, -0.15) is 8.78 Å². The lowest BCUT2D eigenvalue weighted by molar-refractivity contribution is 0.0950. The number of nitrogens with one attached hydrogen (secondary N) is 2. The van der Waals surface area contributed by atoms with Gasteiger partial charge < -0.3 is 10.3 Å². The standard InChI is InChI=1S/C17H15F2N3OS/c18-17(19)24-16-13(5-3-8-21-16)15(23)20-9-7-11-10-22-14-6-2-1-4-12(11)14/h1-6,8,10,17,22H,7,9H2,(H,20,23). The smallest absolute Gasteiger partial charge is 0.290 e. The van der Waals surface area contributed by atoms with E-state index in [1.807, 2.05) is 30.5 Å². The Balaban J connectivity index is 1.64. The molecule has 0 saturated carbocycles. The van der Waals surface area contributed by atoms with Crippen LogP contribution in [0.3, 0.4) is 0 Å². The molecule has 124 valence electrons. The van der Waals surface area contributed by atoms with Crippen molar-refractivity contribution >= 4 is 28.6 Å². The van der Waals surface area contributed by atoms with E-state index >= 15 is 0 Å². The third-order valence-corrected chi connectivity index (χ3v) is 4.30. The normalized spacial score (nSPS) is 11.1. The fraction of sp³-hybridized carbons (Fsp3) is 0.176. The Bertz CT molecular complexity index is 850. The van der Waals surface area contributed by atoms with Crippen molar-refractivity contribution in [2.24, 2.45) is 0 Å². The number of nitrogens with zero attached hydrogens (tertiary/aromatic N) is 1. The number of amides is 1. The molecule has 1 aromatic carbocycles. The van der Waals surface area contributed by atoms with Gasteiger partial charge in [0.15, 0.2) is 0 Å². The van der Waals surface area contributed by atoms with Gasteiger partial charge >= 0.3 is 0 Å². The highest BCUT2D eigenvalue weighted by Crippen LogP contribution is 2.26. The van der Waals surface area contributed by atoms with Crippen LogP contribution in [0.25, 0.3) is 10.9 Å². The molecule has 24 heavy (non-hydrogen) atoms. The predicted octanol–water partition coefficient (Wildman–Crippen LogP) is 3.85. The number of halogens is 2. The number of hydrogen-bond donors (Lipinski definition) is 2. The largest absolute Gasteiger partial charge is 0.361 e. The van der Waals surface area contributed by atoms with Gasteiger partial charge in [-0.1, -0.05) is 18.2 Å². The summed E-state index contributed by atoms with van der Waals surface area (Å²) in [6, 6.07) is 11.0. The van der Waals surface area contributed by atoms with Gasteiger partial charge in [-0.25, -0.2) is 4.98 Å². The maximum Gasteiger partial charge on any atom is 0.290 e. The summed E-state index contributed by atoms with van der Waals surface area (Å²) >= 11 is 0.276. The van der Waals surface area contributed by atoms with Crippen molar-refractivity contribution in [3.8, 4) is 0 Å². The van der Waals surface area contributed by atoms with E-state index in [0.717, 1.165) is 16.5 Å². The number of hydrogen-bond acceptors (Lipinski definition) is 3. The first-order valence-electron chi connectivity index (χ1n) is 7.38. The second kappa shape index (κ2) is 7.44. The lowest BCUT2D eigenvalue weighted by atomic mass is 10.1. The van der Waals surface area contributed by atoms with E-state index in [-0.39, 0.29) is 22.4 Å². The van der Waals surface area contributed by atoms with Crippen LogP contribution in [-0.4, -0.2) is 28.2 Å². The van der Waals surface area contributed by atoms with Gasteiger partial charge in [-0.3, -0.25) is 4.79 Å². The third-order valence-electron chi connectivity index (χ3n) is 3.57. The van der Waals surface area contributed by atoms with Crippen LogP contribution in [0.4, 0.5) is 8.78 Å². The number of rotatable bonds is 6. The van der Waals surface area contributed by atoms with Crippen molar-refractivity contribution in [1.82, 2.24) is 15.3 Å². The molecule has 0 fully saturated rings. The number of pyridine rings is 1. The van der Waals surface area contributed by atoms with Crippen molar-refractivity contribution in [2.45, 2.75) is 17.2 Å². The molecule has 4 nitrogen and oxygen atoms in total. The number of aromatic amines is 1. The second-order valence-corrected chi connectivity index (χ2v) is 6.08. The number of thioether (sulfide) groups is 1. The van der Waals surface area contributed by atoms with Gasteiger partial charge in [0.05, 0.1) is 5.56 Å². The first-order chi connectivity index (χ1) is 11.6. The summed E-state index contributed by atoms with van der Waals surface area (Å²) in [5.74, 6) is -3.01. The van der Waals surface area contributed by atoms with Crippen molar-refractivity contribution in [3.05, 3.63) is 59.9 Å². The van der Waals surface area contributed by atoms with E-state index in [1.54, 1.807) is 6.07 Å². The molecule has 2 N–H and O–H groups in total. The van der Waals surface area contributed by atoms with Gasteiger partial charge in [0.2, 0.25) is 0 Å². The number of H-pyrrole nitrogens is 1. The fourth-order valence-electron chi connectivity index (χ4n) is 2.49. The first kappa shape index (κ1) is 16.4. The molecule has 2 heterocycles. The Hall–Kier alpha value is -2.41. The number of carbonyl (C=O) groups excluding carboxylic acids is 1. The summed E-state index contributed by atoms with van der Waals surface area (Å²) in [5.41, 5.74) is 2.31. The zero-order valence-corrected chi connectivity index (χ0v) is 13.4. The zero-order chi connectivity index (χ0) is 16.9. The van der Waals surface area contributed by atoms with Gasteiger partial charge in [-0.15, -0.1) is 0 Å². The molecule has 0 atom stereocenters. The zero-order valence-electron chi connectivity index (χ0n) is 12.6. The van der Waals surface area contributed by atoms with E-state index in [1.165, 1.54) is 12.3 Å². The van der Waals surface area contributed by atoms with Crippen LogP contribution >= 0.6 is 11.8 Å². The van der Waals surface area contributed by atoms with Crippen molar-refractivity contribution < 1.29 is 13.6 Å². The van der Waals surface area contributed by atoms with Crippen LogP contribution in [-0.2, 0) is 6.42 Å². The maximum absolute atomic E-state index is 12.5. The molecule has 0 aliphatic carbocycles. The molecule has 0 spiro atoms. The predicted molar refractivity (Wildman–Crippen MR) is 90.4 cm³/mol. The molecule has 0 saturated heterocycles. The Kier molecular flexibility index (Phi) is 5.10. The van der Waals surface area contributed by atoms with E-state index in [9.17, 15) is 13.6 Å².